The molecule has 248 valence electrons. The molecule has 0 unspecified atom stereocenters. The molecule has 6 aliphatic carbocycles. The highest BCUT2D eigenvalue weighted by Gasteiger charge is 2.56. The number of nitrogens with zero attached hydrogens (tertiary/aromatic N) is 4. The van der Waals surface area contributed by atoms with Crippen LogP contribution in [0.1, 0.15) is 86.0 Å². The van der Waals surface area contributed by atoms with E-state index in [0.717, 1.165) is 24.7 Å². The van der Waals surface area contributed by atoms with Gasteiger partial charge in [-0.1, -0.05) is 0 Å². The summed E-state index contributed by atoms with van der Waals surface area (Å²) in [6.45, 7) is 9.35. The summed E-state index contributed by atoms with van der Waals surface area (Å²) in [6.07, 6.45) is 11.3. The lowest BCUT2D eigenvalue weighted by Crippen LogP contribution is -2.55. The minimum Gasteiger partial charge on any atom is -0.464 e. The summed E-state index contributed by atoms with van der Waals surface area (Å²) in [7, 11) is -3.77. The molecule has 1 atom stereocenters. The minimum absolute atomic E-state index is 0.280. The predicted octanol–water partition coefficient (Wildman–Crippen LogP) is 4.17. The lowest BCUT2D eigenvalue weighted by Gasteiger charge is -2.62. The highest BCUT2D eigenvalue weighted by atomic mass is 31.2. The van der Waals surface area contributed by atoms with E-state index >= 15 is 0 Å². The fourth-order valence-corrected chi connectivity index (χ4v) is 10.3. The smallest absolute Gasteiger partial charge is 0.326 e. The third-order valence-electron chi connectivity index (χ3n) is 10.4. The van der Waals surface area contributed by atoms with Crippen LogP contribution in [0.15, 0.2) is 12.7 Å². The van der Waals surface area contributed by atoms with Crippen molar-refractivity contribution in [2.75, 3.05) is 25.3 Å². The van der Waals surface area contributed by atoms with Gasteiger partial charge in [-0.3, -0.25) is 14.2 Å². The van der Waals surface area contributed by atoms with Gasteiger partial charge >= 0.3 is 11.9 Å². The van der Waals surface area contributed by atoms with Crippen molar-refractivity contribution in [3.05, 3.63) is 12.7 Å². The zero-order valence-electron chi connectivity index (χ0n) is 27.1. The molecule has 14 heteroatoms. The third-order valence-corrected chi connectivity index (χ3v) is 12.8. The second kappa shape index (κ2) is 11.6. The number of rotatable bonds is 17. The van der Waals surface area contributed by atoms with E-state index in [-0.39, 0.29) is 12.2 Å². The predicted molar refractivity (Wildman–Crippen MR) is 168 cm³/mol. The molecular weight excluding hydrogens is 597 g/mol. The van der Waals surface area contributed by atoms with Crippen molar-refractivity contribution in [2.45, 2.75) is 110 Å². The van der Waals surface area contributed by atoms with Crippen molar-refractivity contribution in [1.29, 1.82) is 0 Å². The Morgan fingerprint density at radius 1 is 0.956 bits per heavy atom. The number of ether oxygens (including phenoxy) is 3. The number of carbonyl (C=O) groups excluding carboxylic acids is 2. The molecule has 4 bridgehead atoms. The number of hydrogen-bond donors (Lipinski definition) is 3. The number of esters is 2. The van der Waals surface area contributed by atoms with E-state index in [2.05, 4.69) is 25.1 Å². The van der Waals surface area contributed by atoms with E-state index in [1.54, 1.807) is 38.6 Å². The first kappa shape index (κ1) is 32.3. The van der Waals surface area contributed by atoms with Gasteiger partial charge in [-0.15, -0.1) is 0 Å². The van der Waals surface area contributed by atoms with Crippen molar-refractivity contribution in [2.24, 2.45) is 22.7 Å². The minimum atomic E-state index is -3.77. The van der Waals surface area contributed by atoms with E-state index in [9.17, 15) is 14.2 Å². The number of carbonyl (C=O) groups is 2. The Kier molecular flexibility index (Phi) is 8.32. The zero-order valence-corrected chi connectivity index (χ0v) is 28.0. The van der Waals surface area contributed by atoms with Gasteiger partial charge in [-0.2, -0.15) is 0 Å². The summed E-state index contributed by atoms with van der Waals surface area (Å²) in [5.74, 6) is 0.976. The summed E-state index contributed by atoms with van der Waals surface area (Å²) >= 11 is 0. The Labute approximate surface area is 264 Å². The average Bonchev–Trinajstić information content (AvgIpc) is 3.27. The van der Waals surface area contributed by atoms with E-state index < -0.39 is 36.6 Å². The standard InChI is InChI=1S/C31H48N7O6P/c1-20(16-38-18-35-23-24(32)33-17-34-25(23)38)44-19-45(41,36-28(2,3)26(39)42-8-6-30-10-21(11-30)12-30)37-29(4,5)27(40)43-9-7-31-13-22(14-31)15-31/h17-18,20-22H,6-16,19H2,1-5H3,(H2,32,33,34)(H2,36,37,41)/t20-,21?,22?,30?,31?,45?/m1/s1. The second-order valence-corrected chi connectivity index (χ2v) is 17.6. The quantitative estimate of drug-likeness (QED) is 0.166. The topological polar surface area (TPSA) is 173 Å². The summed E-state index contributed by atoms with van der Waals surface area (Å²) in [4.78, 5) is 39.0. The van der Waals surface area contributed by atoms with Crippen LogP contribution in [0, 0.1) is 22.7 Å². The van der Waals surface area contributed by atoms with Crippen LogP contribution in [0.25, 0.3) is 11.2 Å². The van der Waals surface area contributed by atoms with Gasteiger partial charge in [0.2, 0.25) is 7.44 Å². The number of imidazole rings is 1. The maximum Gasteiger partial charge on any atom is 0.326 e. The number of nitrogens with two attached hydrogens (primary N) is 1. The van der Waals surface area contributed by atoms with Crippen molar-refractivity contribution in [3.63, 3.8) is 0 Å². The zero-order chi connectivity index (χ0) is 32.3. The molecule has 0 radical (unpaired) electrons. The maximum absolute atomic E-state index is 14.6. The van der Waals surface area contributed by atoms with Crippen LogP contribution in [0.4, 0.5) is 5.82 Å². The van der Waals surface area contributed by atoms with Crippen LogP contribution in [0.2, 0.25) is 0 Å². The molecular formula is C31H48N7O6P. The van der Waals surface area contributed by atoms with Gasteiger partial charge in [0.25, 0.3) is 0 Å². The molecule has 0 saturated heterocycles. The van der Waals surface area contributed by atoms with Crippen molar-refractivity contribution < 1.29 is 28.4 Å². The number of nitrogens with one attached hydrogen (secondary N) is 2. The van der Waals surface area contributed by atoms with Crippen LogP contribution in [-0.2, 0) is 34.9 Å². The molecule has 6 fully saturated rings. The van der Waals surface area contributed by atoms with E-state index in [0.29, 0.717) is 41.8 Å². The number of aromatic nitrogens is 4. The molecule has 13 nitrogen and oxygen atoms in total. The van der Waals surface area contributed by atoms with Crippen molar-refractivity contribution >= 4 is 36.4 Å². The van der Waals surface area contributed by atoms with E-state index in [1.165, 1.54) is 44.9 Å². The fourth-order valence-electron chi connectivity index (χ4n) is 7.69. The Morgan fingerprint density at radius 2 is 1.47 bits per heavy atom. The fraction of sp³-hybridized carbons (Fsp3) is 0.774. The molecule has 6 saturated carbocycles. The van der Waals surface area contributed by atoms with Gasteiger partial charge in [0.15, 0.2) is 11.5 Å². The molecule has 0 amide bonds. The van der Waals surface area contributed by atoms with Crippen LogP contribution < -0.4 is 15.9 Å². The third kappa shape index (κ3) is 6.64. The Balaban J connectivity index is 1.09. The molecule has 45 heavy (non-hydrogen) atoms. The molecule has 0 aromatic carbocycles. The first-order valence-electron chi connectivity index (χ1n) is 16.2. The monoisotopic (exact) mass is 645 g/mol. The van der Waals surface area contributed by atoms with E-state index in [4.69, 9.17) is 19.9 Å². The number of hydrogen-bond acceptors (Lipinski definition) is 10. The molecule has 4 N–H and O–H groups in total. The summed E-state index contributed by atoms with van der Waals surface area (Å²) in [6, 6.07) is 0. The SMILES string of the molecule is C[C@H](Cn1cnc2c(N)ncnc21)OCP(=O)(NC(C)(C)C(=O)OCCC12CC(C1)C2)NC(C)(C)C(=O)OCCC12CC(C1)C2. The lowest BCUT2D eigenvalue weighted by atomic mass is 9.43. The van der Waals surface area contributed by atoms with E-state index in [1.807, 2.05) is 6.92 Å². The number of nitrogen functional groups attached to an aromatic ring is 1. The highest BCUT2D eigenvalue weighted by Crippen LogP contribution is 2.66. The highest BCUT2D eigenvalue weighted by molar-refractivity contribution is 7.59. The molecule has 6 aliphatic rings. The van der Waals surface area contributed by atoms with Crippen LogP contribution in [0.3, 0.4) is 0 Å². The molecule has 0 spiro atoms. The lowest BCUT2D eigenvalue weighted by molar-refractivity contribution is -0.157. The van der Waals surface area contributed by atoms with Crippen LogP contribution in [-0.4, -0.2) is 68.2 Å². The van der Waals surface area contributed by atoms with Gasteiger partial charge in [0.05, 0.1) is 32.2 Å². The molecule has 2 aromatic rings. The normalized spacial score (nSPS) is 28.6. The Morgan fingerprint density at radius 3 is 1.93 bits per heavy atom. The first-order valence-corrected chi connectivity index (χ1v) is 18.1. The molecule has 2 aromatic heterocycles. The molecule has 2 heterocycles. The Bertz CT molecular complexity index is 1410. The van der Waals surface area contributed by atoms with Gasteiger partial charge in [-0.05, 0) is 109 Å². The molecule has 8 rings (SSSR count). The van der Waals surface area contributed by atoms with Crippen LogP contribution >= 0.6 is 7.44 Å². The van der Waals surface area contributed by atoms with Gasteiger partial charge in [-0.25, -0.2) is 25.1 Å². The number of fused-ring (bicyclic) bond motifs is 1. The number of anilines is 1. The molecule has 0 aliphatic heterocycles. The van der Waals surface area contributed by atoms with Gasteiger partial charge in [0, 0.05) is 0 Å². The summed E-state index contributed by atoms with van der Waals surface area (Å²) < 4.78 is 33.8. The second-order valence-electron chi connectivity index (χ2n) is 15.4. The van der Waals surface area contributed by atoms with Gasteiger partial charge < -0.3 is 24.5 Å². The Hall–Kier alpha value is -2.60. The maximum atomic E-state index is 14.6. The van der Waals surface area contributed by atoms with Crippen molar-refractivity contribution in [3.8, 4) is 0 Å². The first-order chi connectivity index (χ1) is 21.1. The summed E-state index contributed by atoms with van der Waals surface area (Å²) in [5, 5.41) is 6.01. The largest absolute Gasteiger partial charge is 0.464 e. The van der Waals surface area contributed by atoms with Crippen molar-refractivity contribution in [1.82, 2.24) is 29.7 Å². The van der Waals surface area contributed by atoms with Gasteiger partial charge in [0.1, 0.15) is 29.3 Å². The average molecular weight is 646 g/mol. The summed E-state index contributed by atoms with van der Waals surface area (Å²) in [5.41, 5.74) is 5.02. The van der Waals surface area contributed by atoms with Crippen LogP contribution in [0.5, 0.6) is 0 Å².